The number of aldehydes is 1. The summed E-state index contributed by atoms with van der Waals surface area (Å²) in [5.41, 5.74) is 1.92. The number of allylic oxidation sites excluding steroid dienone is 1. The van der Waals surface area contributed by atoms with Gasteiger partial charge in [-0.1, -0.05) is 26.0 Å². The van der Waals surface area contributed by atoms with Gasteiger partial charge in [-0.05, 0) is 55.3 Å². The molecule has 4 atom stereocenters. The number of hydrogen-bond acceptors (Lipinski definition) is 1. The maximum atomic E-state index is 10.7. The molecule has 16 heavy (non-hydrogen) atoms. The van der Waals surface area contributed by atoms with Crippen molar-refractivity contribution in [3.63, 3.8) is 0 Å². The van der Waals surface area contributed by atoms with Gasteiger partial charge in [0.05, 0.1) is 0 Å². The highest BCUT2D eigenvalue weighted by Gasteiger charge is 2.50. The van der Waals surface area contributed by atoms with Crippen LogP contribution in [0.4, 0.5) is 0 Å². The van der Waals surface area contributed by atoms with Crippen LogP contribution in [0.2, 0.25) is 0 Å². The molecule has 0 aliphatic heterocycles. The zero-order chi connectivity index (χ0) is 11.8. The van der Waals surface area contributed by atoms with Crippen LogP contribution in [0.3, 0.4) is 0 Å². The van der Waals surface area contributed by atoms with Crippen molar-refractivity contribution in [2.75, 3.05) is 0 Å². The van der Waals surface area contributed by atoms with Crippen LogP contribution in [0, 0.1) is 23.2 Å². The van der Waals surface area contributed by atoms with E-state index in [-0.39, 0.29) is 0 Å². The van der Waals surface area contributed by atoms with Crippen molar-refractivity contribution in [2.24, 2.45) is 23.2 Å². The van der Waals surface area contributed by atoms with Crippen molar-refractivity contribution in [3.05, 3.63) is 12.2 Å². The van der Waals surface area contributed by atoms with E-state index in [0.717, 1.165) is 24.5 Å². The van der Waals surface area contributed by atoms with Crippen molar-refractivity contribution in [1.82, 2.24) is 0 Å². The third kappa shape index (κ3) is 1.74. The normalized spacial score (nSPS) is 40.5. The van der Waals surface area contributed by atoms with Crippen molar-refractivity contribution < 1.29 is 4.79 Å². The van der Waals surface area contributed by atoms with Crippen LogP contribution in [0.1, 0.15) is 52.4 Å². The van der Waals surface area contributed by atoms with E-state index in [1.165, 1.54) is 37.7 Å². The monoisotopic (exact) mass is 220 g/mol. The molecule has 0 aromatic heterocycles. The summed E-state index contributed by atoms with van der Waals surface area (Å²) in [6.45, 7) is 8.97. The number of fused-ring (bicyclic) bond motifs is 1. The Labute approximate surface area is 99.3 Å². The van der Waals surface area contributed by atoms with Crippen LogP contribution in [0.15, 0.2) is 12.2 Å². The molecule has 2 rings (SSSR count). The first-order valence-corrected chi connectivity index (χ1v) is 6.71. The molecule has 0 N–H and O–H groups in total. The second-order valence-electron chi connectivity index (χ2n) is 6.13. The van der Waals surface area contributed by atoms with Crippen LogP contribution in [-0.2, 0) is 4.79 Å². The van der Waals surface area contributed by atoms with Crippen LogP contribution in [0.5, 0.6) is 0 Å². The van der Waals surface area contributed by atoms with E-state index in [4.69, 9.17) is 0 Å². The average molecular weight is 220 g/mol. The molecule has 90 valence electrons. The first-order valence-electron chi connectivity index (χ1n) is 6.71. The molecule has 0 spiro atoms. The molecule has 0 bridgehead atoms. The van der Waals surface area contributed by atoms with E-state index in [9.17, 15) is 4.79 Å². The number of hydrogen-bond donors (Lipinski definition) is 0. The smallest absolute Gasteiger partial charge is 0.120 e. The predicted octanol–water partition coefficient (Wildman–Crippen LogP) is 3.98. The summed E-state index contributed by atoms with van der Waals surface area (Å²) in [6, 6.07) is 0. The third-order valence-corrected chi connectivity index (χ3v) is 5.27. The maximum Gasteiger partial charge on any atom is 0.120 e. The molecule has 1 unspecified atom stereocenters. The van der Waals surface area contributed by atoms with Crippen LogP contribution in [0.25, 0.3) is 0 Å². The Morgan fingerprint density at radius 1 is 1.56 bits per heavy atom. The van der Waals surface area contributed by atoms with Crippen molar-refractivity contribution in [2.45, 2.75) is 52.4 Å². The fourth-order valence-corrected chi connectivity index (χ4v) is 4.42. The first kappa shape index (κ1) is 11.9. The van der Waals surface area contributed by atoms with E-state index in [1.807, 2.05) is 0 Å². The lowest BCUT2D eigenvalue weighted by Crippen LogP contribution is -2.35. The molecule has 1 heteroatoms. The lowest BCUT2D eigenvalue weighted by atomic mass is 9.61. The quantitative estimate of drug-likeness (QED) is 0.519. The van der Waals surface area contributed by atoms with Gasteiger partial charge in [0.1, 0.15) is 6.29 Å². The van der Waals surface area contributed by atoms with Gasteiger partial charge in [-0.3, -0.25) is 0 Å². The minimum Gasteiger partial charge on any atom is -0.303 e. The van der Waals surface area contributed by atoms with Crippen molar-refractivity contribution in [3.8, 4) is 0 Å². The van der Waals surface area contributed by atoms with Crippen LogP contribution in [-0.4, -0.2) is 6.29 Å². The van der Waals surface area contributed by atoms with E-state index in [1.54, 1.807) is 0 Å². The summed E-state index contributed by atoms with van der Waals surface area (Å²) in [5.74, 6) is 2.03. The van der Waals surface area contributed by atoms with Crippen LogP contribution < -0.4 is 0 Å². The fraction of sp³-hybridized carbons (Fsp3) is 0.800. The topological polar surface area (TPSA) is 17.1 Å². The van der Waals surface area contributed by atoms with Crippen molar-refractivity contribution >= 4 is 6.29 Å². The number of carbonyl (C=O) groups excluding carboxylic acids is 1. The molecule has 2 fully saturated rings. The third-order valence-electron chi connectivity index (χ3n) is 5.27. The van der Waals surface area contributed by atoms with E-state index in [0.29, 0.717) is 11.3 Å². The molecule has 0 aromatic rings. The Balaban J connectivity index is 2.17. The van der Waals surface area contributed by atoms with E-state index >= 15 is 0 Å². The minimum absolute atomic E-state index is 0.442. The molecule has 0 saturated heterocycles. The highest BCUT2D eigenvalue weighted by atomic mass is 16.1. The molecule has 0 heterocycles. The van der Waals surface area contributed by atoms with Crippen LogP contribution >= 0.6 is 0 Å². The van der Waals surface area contributed by atoms with Gasteiger partial charge in [-0.25, -0.2) is 0 Å². The molecule has 1 nitrogen and oxygen atoms in total. The Bertz CT molecular complexity index is 294. The van der Waals surface area contributed by atoms with Gasteiger partial charge in [-0.15, -0.1) is 0 Å². The maximum absolute atomic E-state index is 10.7. The average Bonchev–Trinajstić information content (AvgIpc) is 2.57. The van der Waals surface area contributed by atoms with Gasteiger partial charge in [0.15, 0.2) is 0 Å². The predicted molar refractivity (Wildman–Crippen MR) is 67.2 cm³/mol. The van der Waals surface area contributed by atoms with Gasteiger partial charge in [-0.2, -0.15) is 0 Å². The molecule has 2 aliphatic carbocycles. The van der Waals surface area contributed by atoms with Gasteiger partial charge >= 0.3 is 0 Å². The summed E-state index contributed by atoms with van der Waals surface area (Å²) in [7, 11) is 0. The SMILES string of the molecule is C=C1CCC[C@@]2(C)C1CC[C@@H]2[C@@H](C)CC=O. The number of carbonyl (C=O) groups is 1. The van der Waals surface area contributed by atoms with E-state index < -0.39 is 0 Å². The van der Waals surface area contributed by atoms with Crippen molar-refractivity contribution in [1.29, 1.82) is 0 Å². The highest BCUT2D eigenvalue weighted by Crippen LogP contribution is 2.59. The Hall–Kier alpha value is -0.590. The molecular formula is C15H24O. The highest BCUT2D eigenvalue weighted by molar-refractivity contribution is 5.49. The van der Waals surface area contributed by atoms with Gasteiger partial charge < -0.3 is 4.79 Å². The second-order valence-corrected chi connectivity index (χ2v) is 6.13. The van der Waals surface area contributed by atoms with Gasteiger partial charge in [0.25, 0.3) is 0 Å². The summed E-state index contributed by atoms with van der Waals surface area (Å²) in [5, 5.41) is 0. The van der Waals surface area contributed by atoms with E-state index in [2.05, 4.69) is 20.4 Å². The number of rotatable bonds is 3. The molecule has 0 radical (unpaired) electrons. The second kappa shape index (κ2) is 4.35. The Kier molecular flexibility index (Phi) is 3.23. The summed E-state index contributed by atoms with van der Waals surface area (Å²) >= 11 is 0. The molecule has 0 amide bonds. The zero-order valence-corrected chi connectivity index (χ0v) is 10.7. The van der Waals surface area contributed by atoms with Gasteiger partial charge in [0, 0.05) is 6.42 Å². The largest absolute Gasteiger partial charge is 0.303 e. The fourth-order valence-electron chi connectivity index (χ4n) is 4.42. The minimum atomic E-state index is 0.442. The zero-order valence-electron chi connectivity index (χ0n) is 10.7. The standard InChI is InChI=1S/C15H24O/c1-11-5-4-9-15(3)13(11)6-7-14(15)12(2)8-10-16/h10,12-14H,1,4-9H2,2-3H3/t12-,13?,14+,15-/m0/s1. The molecule has 2 aliphatic rings. The molecule has 2 saturated carbocycles. The molecular weight excluding hydrogens is 196 g/mol. The Morgan fingerprint density at radius 3 is 3.00 bits per heavy atom. The van der Waals surface area contributed by atoms with Gasteiger partial charge in [0.2, 0.25) is 0 Å². The summed E-state index contributed by atoms with van der Waals surface area (Å²) in [4.78, 5) is 10.7. The summed E-state index contributed by atoms with van der Waals surface area (Å²) in [6.07, 6.45) is 8.31. The first-order chi connectivity index (χ1) is 7.59. The lowest BCUT2D eigenvalue weighted by molar-refractivity contribution is -0.109. The lowest BCUT2D eigenvalue weighted by Gasteiger charge is -2.43. The Morgan fingerprint density at radius 2 is 2.31 bits per heavy atom. The molecule has 0 aromatic carbocycles. The summed E-state index contributed by atoms with van der Waals surface area (Å²) < 4.78 is 0.